The monoisotopic (exact) mass is 255 g/mol. The fourth-order valence-electron chi connectivity index (χ4n) is 2.12. The van der Waals surface area contributed by atoms with Gasteiger partial charge in [0.1, 0.15) is 6.04 Å². The molecule has 0 aromatic heterocycles. The van der Waals surface area contributed by atoms with Crippen LogP contribution in [0, 0.1) is 0 Å². The number of quaternary nitrogens is 1. The fourth-order valence-corrected chi connectivity index (χ4v) is 2.12. The summed E-state index contributed by atoms with van der Waals surface area (Å²) in [5, 5.41) is 2.01. The zero-order chi connectivity index (χ0) is 13.7. The highest BCUT2D eigenvalue weighted by atomic mass is 16.1. The van der Waals surface area contributed by atoms with E-state index < -0.39 is 0 Å². The van der Waals surface area contributed by atoms with Crippen molar-refractivity contribution in [1.29, 1.82) is 0 Å². The lowest BCUT2D eigenvalue weighted by molar-refractivity contribution is -0.704. The van der Waals surface area contributed by atoms with Crippen LogP contribution in [0.15, 0.2) is 60.7 Å². The number of hydrogen-bond donors (Lipinski definition) is 2. The molecule has 0 heterocycles. The molecule has 0 radical (unpaired) electrons. The normalized spacial score (nSPS) is 12.3. The van der Waals surface area contributed by atoms with Crippen LogP contribution in [0.5, 0.6) is 0 Å². The SMILES string of the molecule is C[C@H]([NH2+]C(c1ccccc1)c1ccccc1)C(N)=O. The van der Waals surface area contributed by atoms with Gasteiger partial charge in [0.25, 0.3) is 5.91 Å². The Labute approximate surface area is 113 Å². The first-order valence-corrected chi connectivity index (χ1v) is 6.42. The Morgan fingerprint density at radius 2 is 1.37 bits per heavy atom. The molecule has 0 bridgehead atoms. The van der Waals surface area contributed by atoms with Crippen LogP contribution in [0.2, 0.25) is 0 Å². The van der Waals surface area contributed by atoms with Crippen molar-refractivity contribution in [3.8, 4) is 0 Å². The summed E-state index contributed by atoms with van der Waals surface area (Å²) in [6.45, 7) is 1.83. The number of benzene rings is 2. The van der Waals surface area contributed by atoms with Gasteiger partial charge in [0, 0.05) is 11.1 Å². The van der Waals surface area contributed by atoms with Crippen LogP contribution in [0.4, 0.5) is 0 Å². The molecule has 2 aromatic rings. The third-order valence-corrected chi connectivity index (χ3v) is 3.25. The molecule has 1 atom stereocenters. The van der Waals surface area contributed by atoms with Crippen molar-refractivity contribution in [2.75, 3.05) is 0 Å². The summed E-state index contributed by atoms with van der Waals surface area (Å²) in [6, 6.07) is 20.1. The lowest BCUT2D eigenvalue weighted by Gasteiger charge is -2.19. The summed E-state index contributed by atoms with van der Waals surface area (Å²) in [5.74, 6) is -0.295. The quantitative estimate of drug-likeness (QED) is 0.829. The molecule has 0 aliphatic carbocycles. The summed E-state index contributed by atoms with van der Waals surface area (Å²) in [7, 11) is 0. The van der Waals surface area contributed by atoms with E-state index in [-0.39, 0.29) is 18.0 Å². The molecule has 3 heteroatoms. The summed E-state index contributed by atoms with van der Waals surface area (Å²) < 4.78 is 0. The number of nitrogens with two attached hydrogens (primary N) is 2. The van der Waals surface area contributed by atoms with Crippen LogP contribution in [-0.2, 0) is 4.79 Å². The highest BCUT2D eigenvalue weighted by molar-refractivity contribution is 5.77. The van der Waals surface area contributed by atoms with Gasteiger partial charge in [-0.15, -0.1) is 0 Å². The largest absolute Gasteiger partial charge is 0.365 e. The van der Waals surface area contributed by atoms with E-state index >= 15 is 0 Å². The molecule has 98 valence electrons. The van der Waals surface area contributed by atoms with E-state index in [2.05, 4.69) is 24.3 Å². The van der Waals surface area contributed by atoms with Gasteiger partial charge in [0.05, 0.1) is 0 Å². The fraction of sp³-hybridized carbons (Fsp3) is 0.188. The second-order valence-corrected chi connectivity index (χ2v) is 4.68. The number of amides is 1. The van der Waals surface area contributed by atoms with Crippen LogP contribution < -0.4 is 11.1 Å². The van der Waals surface area contributed by atoms with Crippen molar-refractivity contribution in [3.05, 3.63) is 71.8 Å². The molecule has 3 nitrogen and oxygen atoms in total. The van der Waals surface area contributed by atoms with Crippen molar-refractivity contribution in [3.63, 3.8) is 0 Å². The van der Waals surface area contributed by atoms with Gasteiger partial charge >= 0.3 is 0 Å². The molecule has 0 aliphatic heterocycles. The predicted molar refractivity (Wildman–Crippen MR) is 75.3 cm³/mol. The third-order valence-electron chi connectivity index (χ3n) is 3.25. The number of carbonyl (C=O) groups excluding carboxylic acids is 1. The first kappa shape index (κ1) is 13.3. The molecule has 0 saturated carbocycles. The van der Waals surface area contributed by atoms with Crippen molar-refractivity contribution in [1.82, 2.24) is 0 Å². The van der Waals surface area contributed by atoms with Crippen LogP contribution in [0.25, 0.3) is 0 Å². The van der Waals surface area contributed by atoms with E-state index in [1.807, 2.05) is 48.6 Å². The first-order valence-electron chi connectivity index (χ1n) is 6.42. The number of carbonyl (C=O) groups is 1. The van der Waals surface area contributed by atoms with Crippen LogP contribution in [0.1, 0.15) is 24.1 Å². The number of hydrogen-bond acceptors (Lipinski definition) is 1. The Bertz CT molecular complexity index is 485. The van der Waals surface area contributed by atoms with Gasteiger partial charge < -0.3 is 11.1 Å². The van der Waals surface area contributed by atoms with E-state index in [9.17, 15) is 4.79 Å². The van der Waals surface area contributed by atoms with Crippen LogP contribution >= 0.6 is 0 Å². The predicted octanol–water partition coefficient (Wildman–Crippen LogP) is 1.21. The van der Waals surface area contributed by atoms with Crippen molar-refractivity contribution in [2.45, 2.75) is 19.0 Å². The minimum atomic E-state index is -0.295. The maximum Gasteiger partial charge on any atom is 0.275 e. The minimum Gasteiger partial charge on any atom is -0.365 e. The molecular weight excluding hydrogens is 236 g/mol. The minimum absolute atomic E-state index is 0.0879. The molecule has 4 N–H and O–H groups in total. The summed E-state index contributed by atoms with van der Waals surface area (Å²) in [4.78, 5) is 11.3. The lowest BCUT2D eigenvalue weighted by atomic mass is 9.98. The first-order chi connectivity index (χ1) is 9.18. The maximum atomic E-state index is 11.3. The molecule has 0 spiro atoms. The summed E-state index contributed by atoms with van der Waals surface area (Å²) in [5.41, 5.74) is 7.71. The maximum absolute atomic E-state index is 11.3. The van der Waals surface area contributed by atoms with E-state index in [0.29, 0.717) is 0 Å². The molecule has 0 fully saturated rings. The zero-order valence-electron chi connectivity index (χ0n) is 11.0. The molecular formula is C16H19N2O+. The van der Waals surface area contributed by atoms with Gasteiger partial charge in [-0.3, -0.25) is 4.79 Å². The number of primary amides is 1. The molecule has 2 aromatic carbocycles. The Hall–Kier alpha value is -2.13. The highest BCUT2D eigenvalue weighted by Gasteiger charge is 2.22. The van der Waals surface area contributed by atoms with Crippen molar-refractivity contribution in [2.24, 2.45) is 5.73 Å². The Morgan fingerprint density at radius 3 is 1.74 bits per heavy atom. The zero-order valence-corrected chi connectivity index (χ0v) is 11.0. The third kappa shape index (κ3) is 3.42. The highest BCUT2D eigenvalue weighted by Crippen LogP contribution is 2.17. The molecule has 0 saturated heterocycles. The van der Waals surface area contributed by atoms with E-state index in [1.165, 1.54) is 11.1 Å². The Kier molecular flexibility index (Phi) is 4.31. The van der Waals surface area contributed by atoms with Crippen LogP contribution in [-0.4, -0.2) is 11.9 Å². The Balaban J connectivity index is 2.32. The van der Waals surface area contributed by atoms with Gasteiger partial charge in [-0.05, 0) is 6.92 Å². The Morgan fingerprint density at radius 1 is 0.947 bits per heavy atom. The van der Waals surface area contributed by atoms with Crippen molar-refractivity contribution < 1.29 is 10.1 Å². The standard InChI is InChI=1S/C16H18N2O/c1-12(16(17)19)18-15(13-8-4-2-5-9-13)14-10-6-3-7-11-14/h2-12,15,18H,1H3,(H2,17,19)/p+1/t12-/m0/s1. The van der Waals surface area contributed by atoms with E-state index in [0.717, 1.165) is 0 Å². The smallest absolute Gasteiger partial charge is 0.275 e. The molecule has 0 unspecified atom stereocenters. The van der Waals surface area contributed by atoms with Gasteiger partial charge in [0.15, 0.2) is 6.04 Å². The average Bonchev–Trinajstić information content (AvgIpc) is 2.46. The van der Waals surface area contributed by atoms with E-state index in [1.54, 1.807) is 0 Å². The van der Waals surface area contributed by atoms with Gasteiger partial charge in [-0.2, -0.15) is 0 Å². The van der Waals surface area contributed by atoms with Crippen molar-refractivity contribution >= 4 is 5.91 Å². The van der Waals surface area contributed by atoms with Gasteiger partial charge in [-0.25, -0.2) is 0 Å². The molecule has 2 rings (SSSR count). The second-order valence-electron chi connectivity index (χ2n) is 4.68. The molecule has 0 aliphatic rings. The average molecular weight is 255 g/mol. The van der Waals surface area contributed by atoms with Gasteiger partial charge in [0.2, 0.25) is 0 Å². The molecule has 19 heavy (non-hydrogen) atoms. The van der Waals surface area contributed by atoms with Crippen LogP contribution in [0.3, 0.4) is 0 Å². The van der Waals surface area contributed by atoms with E-state index in [4.69, 9.17) is 5.73 Å². The van der Waals surface area contributed by atoms with Gasteiger partial charge in [-0.1, -0.05) is 60.7 Å². The molecule has 1 amide bonds. The summed E-state index contributed by atoms with van der Waals surface area (Å²) in [6.07, 6.45) is 0. The topological polar surface area (TPSA) is 59.7 Å². The number of rotatable bonds is 5. The summed E-state index contributed by atoms with van der Waals surface area (Å²) >= 11 is 0. The second kappa shape index (κ2) is 6.16. The lowest BCUT2D eigenvalue weighted by Crippen LogP contribution is -2.92.